The molecule has 58 heavy (non-hydrogen) atoms. The van der Waals surface area contributed by atoms with Crippen LogP contribution in [0.2, 0.25) is 0 Å². The minimum atomic E-state index is -1.58. The molecule has 0 saturated carbocycles. The minimum absolute atomic E-state index is 0.200. The van der Waals surface area contributed by atoms with Crippen LogP contribution in [0.25, 0.3) is 0 Å². The molecular formula is C49H87NO8. The van der Waals surface area contributed by atoms with Crippen molar-refractivity contribution in [2.24, 2.45) is 0 Å². The monoisotopic (exact) mass is 818 g/mol. The highest BCUT2D eigenvalue weighted by Gasteiger charge is 2.44. The number of aliphatic hydroxyl groups is 5. The number of nitrogens with one attached hydrogen (secondary N) is 1. The normalized spacial score (nSPS) is 21.4. The van der Waals surface area contributed by atoms with Crippen LogP contribution in [0.3, 0.4) is 0 Å². The molecule has 0 aromatic heterocycles. The lowest BCUT2D eigenvalue weighted by Gasteiger charge is -2.40. The Labute approximate surface area is 354 Å². The molecule has 1 rings (SSSR count). The van der Waals surface area contributed by atoms with Crippen LogP contribution >= 0.6 is 0 Å². The summed E-state index contributed by atoms with van der Waals surface area (Å²) >= 11 is 0. The zero-order chi connectivity index (χ0) is 42.3. The fraction of sp³-hybridized carbons (Fsp3) is 0.776. The highest BCUT2D eigenvalue weighted by Crippen LogP contribution is 2.22. The van der Waals surface area contributed by atoms with E-state index < -0.39 is 49.5 Å². The molecule has 1 saturated heterocycles. The Morgan fingerprint density at radius 1 is 0.603 bits per heavy atom. The summed E-state index contributed by atoms with van der Waals surface area (Å²) in [6.45, 7) is 3.61. The van der Waals surface area contributed by atoms with Crippen molar-refractivity contribution in [1.82, 2.24) is 5.32 Å². The van der Waals surface area contributed by atoms with Crippen LogP contribution in [-0.2, 0) is 14.3 Å². The summed E-state index contributed by atoms with van der Waals surface area (Å²) in [4.78, 5) is 12.9. The van der Waals surface area contributed by atoms with Crippen molar-refractivity contribution in [1.29, 1.82) is 0 Å². The predicted octanol–water partition coefficient (Wildman–Crippen LogP) is 10.0. The fourth-order valence-corrected chi connectivity index (χ4v) is 7.05. The average molecular weight is 818 g/mol. The zero-order valence-electron chi connectivity index (χ0n) is 36.8. The van der Waals surface area contributed by atoms with Gasteiger partial charge in [-0.15, -0.1) is 0 Å². The first-order valence-electron chi connectivity index (χ1n) is 23.5. The van der Waals surface area contributed by atoms with Crippen LogP contribution in [0, 0.1) is 0 Å². The lowest BCUT2D eigenvalue weighted by Crippen LogP contribution is -2.60. The third kappa shape index (κ3) is 29.2. The topological polar surface area (TPSA) is 149 Å². The lowest BCUT2D eigenvalue weighted by molar-refractivity contribution is -0.302. The van der Waals surface area contributed by atoms with Crippen molar-refractivity contribution in [3.8, 4) is 0 Å². The van der Waals surface area contributed by atoms with Gasteiger partial charge >= 0.3 is 0 Å². The third-order valence-electron chi connectivity index (χ3n) is 10.8. The van der Waals surface area contributed by atoms with Gasteiger partial charge in [0.25, 0.3) is 0 Å². The van der Waals surface area contributed by atoms with Crippen molar-refractivity contribution in [2.75, 3.05) is 13.2 Å². The number of ether oxygens (including phenoxy) is 2. The highest BCUT2D eigenvalue weighted by molar-refractivity contribution is 5.76. The third-order valence-corrected chi connectivity index (χ3v) is 10.8. The van der Waals surface area contributed by atoms with E-state index in [1.54, 1.807) is 6.08 Å². The van der Waals surface area contributed by atoms with Crippen molar-refractivity contribution in [3.63, 3.8) is 0 Å². The molecular weight excluding hydrogens is 731 g/mol. The summed E-state index contributed by atoms with van der Waals surface area (Å²) in [6, 6.07) is -0.830. The van der Waals surface area contributed by atoms with Gasteiger partial charge in [0.05, 0.1) is 25.4 Å². The molecule has 0 bridgehead atoms. The number of aliphatic hydroxyl groups excluding tert-OH is 5. The number of hydrogen-bond donors (Lipinski definition) is 6. The first kappa shape index (κ1) is 53.9. The first-order valence-corrected chi connectivity index (χ1v) is 23.5. The smallest absolute Gasteiger partial charge is 0.220 e. The molecule has 6 N–H and O–H groups in total. The first-order chi connectivity index (χ1) is 28.3. The molecule has 1 fully saturated rings. The molecule has 0 radical (unpaired) electrons. The Kier molecular flexibility index (Phi) is 36.3. The van der Waals surface area contributed by atoms with E-state index in [4.69, 9.17) is 9.47 Å². The molecule has 7 unspecified atom stereocenters. The van der Waals surface area contributed by atoms with Crippen LogP contribution in [0.1, 0.15) is 187 Å². The van der Waals surface area contributed by atoms with Crippen LogP contribution < -0.4 is 5.32 Å². The van der Waals surface area contributed by atoms with Crippen molar-refractivity contribution in [2.45, 2.75) is 230 Å². The van der Waals surface area contributed by atoms with Gasteiger partial charge in [0.1, 0.15) is 24.4 Å². The molecule has 336 valence electrons. The molecule has 9 heteroatoms. The van der Waals surface area contributed by atoms with Gasteiger partial charge in [-0.05, 0) is 70.6 Å². The standard InChI is InChI=1S/C49H87NO8/c1-3-5-7-9-11-13-15-16-17-18-19-20-21-22-23-24-25-26-27-28-29-31-33-35-37-39-45(53)50-42(41-57-49-48(56)47(55)46(54)44(40-51)58-49)43(52)38-36-34-32-30-14-12-10-8-6-4-2/h6,8,14,19-20,22-23,30,36,38,42-44,46-49,51-52,54-56H,3-5,7,9-13,15-18,21,24-29,31-35,37,39-41H2,1-2H3,(H,50,53)/b8-6+,20-19-,23-22-,30-14+,38-36+. The van der Waals surface area contributed by atoms with Crippen LogP contribution in [0.5, 0.6) is 0 Å². The Morgan fingerprint density at radius 3 is 1.62 bits per heavy atom. The largest absolute Gasteiger partial charge is 0.394 e. The second-order valence-electron chi connectivity index (χ2n) is 16.1. The van der Waals surface area contributed by atoms with Crippen LogP contribution in [-0.4, -0.2) is 87.5 Å². The predicted molar refractivity (Wildman–Crippen MR) is 239 cm³/mol. The van der Waals surface area contributed by atoms with Gasteiger partial charge < -0.3 is 40.3 Å². The van der Waals surface area contributed by atoms with E-state index in [9.17, 15) is 30.3 Å². The van der Waals surface area contributed by atoms with Gasteiger partial charge in [0.2, 0.25) is 5.91 Å². The van der Waals surface area contributed by atoms with Crippen molar-refractivity contribution in [3.05, 3.63) is 60.8 Å². The summed E-state index contributed by atoms with van der Waals surface area (Å²) in [7, 11) is 0. The van der Waals surface area contributed by atoms with Gasteiger partial charge in [-0.3, -0.25) is 4.79 Å². The van der Waals surface area contributed by atoms with E-state index in [1.807, 2.05) is 6.08 Å². The Hall–Kier alpha value is -2.11. The molecule has 7 atom stereocenters. The number of carbonyl (C=O) groups excluding carboxylic acids is 1. The maximum absolute atomic E-state index is 12.9. The van der Waals surface area contributed by atoms with Crippen LogP contribution in [0.15, 0.2) is 60.8 Å². The Bertz CT molecular complexity index is 1090. The maximum atomic E-state index is 12.9. The number of unbranched alkanes of at least 4 members (excludes halogenated alkanes) is 20. The molecule has 1 heterocycles. The highest BCUT2D eigenvalue weighted by atomic mass is 16.7. The van der Waals surface area contributed by atoms with Gasteiger partial charge in [0, 0.05) is 6.42 Å². The zero-order valence-corrected chi connectivity index (χ0v) is 36.8. The number of amides is 1. The molecule has 0 spiro atoms. The number of rotatable bonds is 38. The van der Waals surface area contributed by atoms with Gasteiger partial charge in [-0.2, -0.15) is 0 Å². The molecule has 1 aliphatic rings. The Balaban J connectivity index is 2.26. The summed E-state index contributed by atoms with van der Waals surface area (Å²) in [6.07, 6.45) is 44.3. The molecule has 9 nitrogen and oxygen atoms in total. The molecule has 0 aromatic rings. The van der Waals surface area contributed by atoms with E-state index in [2.05, 4.69) is 67.8 Å². The number of hydrogen-bond acceptors (Lipinski definition) is 8. The van der Waals surface area contributed by atoms with E-state index >= 15 is 0 Å². The second-order valence-corrected chi connectivity index (χ2v) is 16.1. The summed E-state index contributed by atoms with van der Waals surface area (Å²) in [5, 5.41) is 54.0. The van der Waals surface area contributed by atoms with Gasteiger partial charge in [0.15, 0.2) is 6.29 Å². The minimum Gasteiger partial charge on any atom is -0.394 e. The Morgan fingerprint density at radius 2 is 1.09 bits per heavy atom. The van der Waals surface area contributed by atoms with E-state index in [-0.39, 0.29) is 12.5 Å². The average Bonchev–Trinajstić information content (AvgIpc) is 3.22. The van der Waals surface area contributed by atoms with Gasteiger partial charge in [-0.25, -0.2) is 0 Å². The van der Waals surface area contributed by atoms with E-state index in [0.717, 1.165) is 70.6 Å². The molecule has 1 aliphatic heterocycles. The van der Waals surface area contributed by atoms with Crippen LogP contribution in [0.4, 0.5) is 0 Å². The number of allylic oxidation sites excluding steroid dienone is 9. The van der Waals surface area contributed by atoms with Crippen molar-refractivity contribution < 1.29 is 39.8 Å². The maximum Gasteiger partial charge on any atom is 0.220 e. The summed E-state index contributed by atoms with van der Waals surface area (Å²) in [5.41, 5.74) is 0. The SMILES string of the molecule is CC/C=C/CC/C=C/CC/C=C/C(O)C(COC1OC(CO)C(O)C(O)C1O)NC(=O)CCCCCCCCCCC/C=C\C/C=C\CCCCCCCCCCC. The van der Waals surface area contributed by atoms with Crippen molar-refractivity contribution >= 4 is 5.91 Å². The van der Waals surface area contributed by atoms with E-state index in [1.165, 1.54) is 96.3 Å². The summed E-state index contributed by atoms with van der Waals surface area (Å²) in [5.74, 6) is -0.200. The number of carbonyl (C=O) groups is 1. The van der Waals surface area contributed by atoms with E-state index in [0.29, 0.717) is 6.42 Å². The molecule has 1 amide bonds. The van der Waals surface area contributed by atoms with Gasteiger partial charge in [-0.1, -0.05) is 171 Å². The molecule has 0 aromatic carbocycles. The fourth-order valence-electron chi connectivity index (χ4n) is 7.05. The quantitative estimate of drug-likeness (QED) is 0.0267. The lowest BCUT2D eigenvalue weighted by atomic mass is 9.99. The second kappa shape index (κ2) is 39.1. The molecule has 0 aliphatic carbocycles. The summed E-state index contributed by atoms with van der Waals surface area (Å²) < 4.78 is 11.2.